The van der Waals surface area contributed by atoms with Crippen LogP contribution in [0.1, 0.15) is 24.6 Å². The summed E-state index contributed by atoms with van der Waals surface area (Å²) in [5, 5.41) is 1.32. The summed E-state index contributed by atoms with van der Waals surface area (Å²) in [4.78, 5) is 7.04. The van der Waals surface area contributed by atoms with Crippen LogP contribution in [0.2, 0.25) is 0 Å². The molecular weight excluding hydrogens is 208 g/mol. The summed E-state index contributed by atoms with van der Waals surface area (Å²) in [6, 6.07) is 8.88. The number of nitrogens with zero attached hydrogens (tertiary/aromatic N) is 2. The molecule has 2 heterocycles. The van der Waals surface area contributed by atoms with Gasteiger partial charge in [0.1, 0.15) is 0 Å². The fraction of sp³-hybridized carbons (Fsp3) is 0.400. The summed E-state index contributed by atoms with van der Waals surface area (Å²) in [5.74, 6) is 0. The number of anilines is 1. The molecule has 2 aromatic rings. The van der Waals surface area contributed by atoms with Crippen LogP contribution in [0.15, 0.2) is 24.3 Å². The molecule has 0 spiro atoms. The van der Waals surface area contributed by atoms with Gasteiger partial charge in [-0.2, -0.15) is 0 Å². The molecule has 1 fully saturated rings. The Hall–Kier alpha value is -1.57. The van der Waals surface area contributed by atoms with Gasteiger partial charge < -0.3 is 4.90 Å². The Morgan fingerprint density at radius 3 is 2.71 bits per heavy atom. The minimum Gasteiger partial charge on any atom is -0.371 e. The molecule has 0 saturated carbocycles. The van der Waals surface area contributed by atoms with Crippen molar-refractivity contribution in [2.75, 3.05) is 18.0 Å². The average Bonchev–Trinajstić information content (AvgIpc) is 2.26. The van der Waals surface area contributed by atoms with E-state index in [9.17, 15) is 0 Å². The highest BCUT2D eigenvalue weighted by atomic mass is 15.2. The lowest BCUT2D eigenvalue weighted by atomic mass is 10.0. The van der Waals surface area contributed by atoms with Crippen LogP contribution in [0.5, 0.6) is 0 Å². The number of benzene rings is 1. The Morgan fingerprint density at radius 2 is 2.06 bits per heavy atom. The van der Waals surface area contributed by atoms with Crippen molar-refractivity contribution in [3.63, 3.8) is 0 Å². The smallest absolute Gasteiger partial charge is 0.0709 e. The van der Waals surface area contributed by atoms with Gasteiger partial charge in [0.05, 0.1) is 5.52 Å². The van der Waals surface area contributed by atoms with Gasteiger partial charge >= 0.3 is 0 Å². The predicted octanol–water partition coefficient (Wildman–Crippen LogP) is 3.32. The van der Waals surface area contributed by atoms with Crippen LogP contribution < -0.4 is 4.90 Å². The molecule has 1 aliphatic rings. The van der Waals surface area contributed by atoms with E-state index in [4.69, 9.17) is 0 Å². The number of hydrogen-bond acceptors (Lipinski definition) is 2. The number of fused-ring (bicyclic) bond motifs is 1. The van der Waals surface area contributed by atoms with E-state index < -0.39 is 0 Å². The van der Waals surface area contributed by atoms with Crippen LogP contribution in [-0.4, -0.2) is 18.1 Å². The van der Waals surface area contributed by atoms with E-state index >= 15 is 0 Å². The molecule has 88 valence electrons. The molecule has 2 heteroatoms. The normalized spacial score (nSPS) is 15.1. The van der Waals surface area contributed by atoms with E-state index in [1.165, 1.54) is 36.1 Å². The minimum absolute atomic E-state index is 1.07. The summed E-state index contributed by atoms with van der Waals surface area (Å²) in [6.45, 7) is 6.69. The maximum Gasteiger partial charge on any atom is 0.0709 e. The largest absolute Gasteiger partial charge is 0.371 e. The molecule has 0 atom stereocenters. The van der Waals surface area contributed by atoms with E-state index in [1.54, 1.807) is 0 Å². The minimum atomic E-state index is 1.07. The first-order valence-corrected chi connectivity index (χ1v) is 6.43. The first-order chi connectivity index (χ1) is 8.28. The average molecular weight is 226 g/mol. The Labute approximate surface area is 102 Å². The number of rotatable bonds is 2. The van der Waals surface area contributed by atoms with Gasteiger partial charge in [0.15, 0.2) is 0 Å². The zero-order valence-corrected chi connectivity index (χ0v) is 10.5. The molecule has 1 aliphatic heterocycles. The molecule has 1 aromatic carbocycles. The lowest BCUT2D eigenvalue weighted by molar-refractivity contribution is 0.618. The molecular formula is C15H18N2. The maximum absolute atomic E-state index is 4.61. The van der Waals surface area contributed by atoms with Gasteiger partial charge in [-0.3, -0.25) is 4.98 Å². The summed E-state index contributed by atoms with van der Waals surface area (Å²) >= 11 is 0. The van der Waals surface area contributed by atoms with Crippen molar-refractivity contribution in [3.8, 4) is 0 Å². The third-order valence-corrected chi connectivity index (χ3v) is 3.61. The summed E-state index contributed by atoms with van der Waals surface area (Å²) in [7, 11) is 0. The molecule has 0 bridgehead atoms. The van der Waals surface area contributed by atoms with Crippen molar-refractivity contribution >= 4 is 16.6 Å². The Balaban J connectivity index is 2.16. The Bertz CT molecular complexity index is 556. The van der Waals surface area contributed by atoms with E-state index in [0.29, 0.717) is 0 Å². The van der Waals surface area contributed by atoms with Crippen LogP contribution >= 0.6 is 0 Å². The lowest BCUT2D eigenvalue weighted by Crippen LogP contribution is -2.36. The molecule has 0 aliphatic carbocycles. The first kappa shape index (κ1) is 10.6. The van der Waals surface area contributed by atoms with Crippen LogP contribution in [0.25, 0.3) is 10.9 Å². The third-order valence-electron chi connectivity index (χ3n) is 3.61. The molecule has 1 aromatic heterocycles. The van der Waals surface area contributed by atoms with Crippen molar-refractivity contribution in [2.45, 2.75) is 26.7 Å². The standard InChI is InChI=1S/C15H18N2/c1-3-12-9-11(2)16-15-6-5-13(10-14(12)15)17-7-4-8-17/h5-6,9-10H,3-4,7-8H2,1-2H3. The zero-order chi connectivity index (χ0) is 11.8. The monoisotopic (exact) mass is 226 g/mol. The van der Waals surface area contributed by atoms with E-state index in [2.05, 4.69) is 48.0 Å². The van der Waals surface area contributed by atoms with Gasteiger partial charge in [0, 0.05) is 29.9 Å². The van der Waals surface area contributed by atoms with E-state index in [1.807, 2.05) is 0 Å². The van der Waals surface area contributed by atoms with Crippen molar-refractivity contribution in [2.24, 2.45) is 0 Å². The molecule has 0 N–H and O–H groups in total. The molecule has 1 saturated heterocycles. The highest BCUT2D eigenvalue weighted by Crippen LogP contribution is 2.27. The van der Waals surface area contributed by atoms with Crippen molar-refractivity contribution in [1.82, 2.24) is 4.98 Å². The quantitative estimate of drug-likeness (QED) is 0.781. The van der Waals surface area contributed by atoms with Gasteiger partial charge in [-0.05, 0) is 49.6 Å². The van der Waals surface area contributed by atoms with Crippen molar-refractivity contribution in [3.05, 3.63) is 35.5 Å². The number of aromatic nitrogens is 1. The zero-order valence-electron chi connectivity index (χ0n) is 10.5. The first-order valence-electron chi connectivity index (χ1n) is 6.43. The molecule has 0 unspecified atom stereocenters. The van der Waals surface area contributed by atoms with Gasteiger partial charge in [0.2, 0.25) is 0 Å². The summed E-state index contributed by atoms with van der Waals surface area (Å²) in [5.41, 5.74) is 5.01. The molecule has 0 radical (unpaired) electrons. The fourth-order valence-corrected chi connectivity index (χ4v) is 2.49. The second-order valence-electron chi connectivity index (χ2n) is 4.82. The van der Waals surface area contributed by atoms with Crippen molar-refractivity contribution < 1.29 is 0 Å². The van der Waals surface area contributed by atoms with Gasteiger partial charge in [0.25, 0.3) is 0 Å². The number of aryl methyl sites for hydroxylation is 2. The summed E-state index contributed by atoms with van der Waals surface area (Å²) < 4.78 is 0. The second kappa shape index (κ2) is 4.02. The molecule has 17 heavy (non-hydrogen) atoms. The fourth-order valence-electron chi connectivity index (χ4n) is 2.49. The van der Waals surface area contributed by atoms with Crippen LogP contribution in [-0.2, 0) is 6.42 Å². The van der Waals surface area contributed by atoms with E-state index in [-0.39, 0.29) is 0 Å². The van der Waals surface area contributed by atoms with E-state index in [0.717, 1.165) is 17.6 Å². The number of hydrogen-bond donors (Lipinski definition) is 0. The highest BCUT2D eigenvalue weighted by molar-refractivity contribution is 5.86. The van der Waals surface area contributed by atoms with Crippen molar-refractivity contribution in [1.29, 1.82) is 0 Å². The van der Waals surface area contributed by atoms with Gasteiger partial charge in [-0.1, -0.05) is 6.92 Å². The topological polar surface area (TPSA) is 16.1 Å². The summed E-state index contributed by atoms with van der Waals surface area (Å²) in [6.07, 6.45) is 2.40. The molecule has 3 rings (SSSR count). The maximum atomic E-state index is 4.61. The second-order valence-corrected chi connectivity index (χ2v) is 4.82. The Kier molecular flexibility index (Phi) is 2.50. The van der Waals surface area contributed by atoms with Crippen LogP contribution in [0.4, 0.5) is 5.69 Å². The predicted molar refractivity (Wildman–Crippen MR) is 72.7 cm³/mol. The molecule has 2 nitrogen and oxygen atoms in total. The van der Waals surface area contributed by atoms with Crippen LogP contribution in [0.3, 0.4) is 0 Å². The van der Waals surface area contributed by atoms with Gasteiger partial charge in [-0.25, -0.2) is 0 Å². The number of pyridine rings is 1. The third kappa shape index (κ3) is 1.78. The SMILES string of the molecule is CCc1cc(C)nc2ccc(N3CCC3)cc12. The lowest BCUT2D eigenvalue weighted by Gasteiger charge is -2.33. The van der Waals surface area contributed by atoms with Crippen LogP contribution in [0, 0.1) is 6.92 Å². The molecule has 0 amide bonds. The van der Waals surface area contributed by atoms with Gasteiger partial charge in [-0.15, -0.1) is 0 Å². The highest BCUT2D eigenvalue weighted by Gasteiger charge is 2.15. The Morgan fingerprint density at radius 1 is 1.24 bits per heavy atom.